The zero-order chi connectivity index (χ0) is 12.9. The van der Waals surface area contributed by atoms with E-state index in [4.69, 9.17) is 5.73 Å². The van der Waals surface area contributed by atoms with Crippen molar-refractivity contribution in [1.82, 2.24) is 4.98 Å². The van der Waals surface area contributed by atoms with Gasteiger partial charge in [0.1, 0.15) is 0 Å². The molecule has 0 radical (unpaired) electrons. The Bertz CT molecular complexity index is 374. The van der Waals surface area contributed by atoms with Crippen LogP contribution in [0.5, 0.6) is 0 Å². The fraction of sp³-hybridized carbons (Fsp3) is 0.545. The largest absolute Gasteiger partial charge is 0.380 e. The average Bonchev–Trinajstić information content (AvgIpc) is 2.36. The molecule has 1 heterocycles. The Hall–Kier alpha value is -1.69. The molecule has 0 aromatic carbocycles. The number of rotatable bonds is 6. The van der Waals surface area contributed by atoms with Gasteiger partial charge in [-0.1, -0.05) is 13.8 Å². The van der Waals surface area contributed by atoms with Crippen LogP contribution in [0, 0.1) is 10.1 Å². The van der Waals surface area contributed by atoms with Crippen LogP contribution in [0.1, 0.15) is 26.7 Å². The van der Waals surface area contributed by atoms with Gasteiger partial charge >= 0.3 is 5.82 Å². The third-order valence-corrected chi connectivity index (χ3v) is 2.99. The van der Waals surface area contributed by atoms with E-state index < -0.39 is 4.92 Å². The molecule has 0 bridgehead atoms. The maximum atomic E-state index is 10.4. The SMILES string of the molecule is CCC(N)(CC)CNc1ccc([N+](=O)[O-])nc1. The lowest BCUT2D eigenvalue weighted by Crippen LogP contribution is -2.45. The van der Waals surface area contributed by atoms with E-state index >= 15 is 0 Å². The van der Waals surface area contributed by atoms with Gasteiger partial charge in [0.25, 0.3) is 0 Å². The summed E-state index contributed by atoms with van der Waals surface area (Å²) in [4.78, 5) is 13.6. The summed E-state index contributed by atoms with van der Waals surface area (Å²) in [6, 6.07) is 3.01. The highest BCUT2D eigenvalue weighted by Crippen LogP contribution is 2.15. The Kier molecular flexibility index (Phi) is 4.39. The topological polar surface area (TPSA) is 94.1 Å². The van der Waals surface area contributed by atoms with E-state index in [9.17, 15) is 10.1 Å². The van der Waals surface area contributed by atoms with Gasteiger partial charge in [-0.15, -0.1) is 0 Å². The minimum absolute atomic E-state index is 0.152. The molecule has 0 atom stereocenters. The lowest BCUT2D eigenvalue weighted by Gasteiger charge is -2.27. The third-order valence-electron chi connectivity index (χ3n) is 2.99. The maximum Gasteiger partial charge on any atom is 0.363 e. The molecule has 0 unspecified atom stereocenters. The standard InChI is InChI=1S/C11H18N4O2/c1-3-11(12,4-2)8-14-9-5-6-10(13-7-9)15(16)17/h5-7,14H,3-4,8,12H2,1-2H3. The predicted octanol–water partition coefficient (Wildman–Crippen LogP) is 1.92. The fourth-order valence-corrected chi connectivity index (χ4v) is 1.38. The van der Waals surface area contributed by atoms with Gasteiger partial charge in [-0.3, -0.25) is 0 Å². The van der Waals surface area contributed by atoms with Crippen molar-refractivity contribution in [1.29, 1.82) is 0 Å². The number of anilines is 1. The van der Waals surface area contributed by atoms with Gasteiger partial charge in [0.05, 0.1) is 5.69 Å². The van der Waals surface area contributed by atoms with Gasteiger partial charge in [-0.2, -0.15) is 0 Å². The van der Waals surface area contributed by atoms with Gasteiger partial charge < -0.3 is 21.2 Å². The molecule has 1 aromatic heterocycles. The second kappa shape index (κ2) is 5.58. The molecule has 17 heavy (non-hydrogen) atoms. The van der Waals surface area contributed by atoms with E-state index in [1.807, 2.05) is 13.8 Å². The van der Waals surface area contributed by atoms with Crippen molar-refractivity contribution in [2.24, 2.45) is 5.73 Å². The number of hydrogen-bond donors (Lipinski definition) is 2. The summed E-state index contributed by atoms with van der Waals surface area (Å²) in [5.74, 6) is -0.152. The van der Waals surface area contributed by atoms with Gasteiger partial charge in [0.2, 0.25) is 0 Å². The van der Waals surface area contributed by atoms with E-state index in [0.29, 0.717) is 6.54 Å². The van der Waals surface area contributed by atoms with Gasteiger partial charge in [0, 0.05) is 18.2 Å². The molecule has 0 aliphatic rings. The van der Waals surface area contributed by atoms with Gasteiger partial charge in [-0.25, -0.2) is 0 Å². The van der Waals surface area contributed by atoms with Crippen LogP contribution in [0.4, 0.5) is 11.5 Å². The Labute approximate surface area is 100 Å². The summed E-state index contributed by atoms with van der Waals surface area (Å²) in [6.45, 7) is 4.71. The molecule has 0 saturated carbocycles. The number of nitrogens with one attached hydrogen (secondary N) is 1. The van der Waals surface area contributed by atoms with Crippen molar-refractivity contribution in [3.05, 3.63) is 28.4 Å². The Balaban J connectivity index is 2.61. The normalized spacial score (nSPS) is 11.2. The molecule has 0 saturated heterocycles. The molecule has 1 aromatic rings. The average molecular weight is 238 g/mol. The van der Waals surface area contributed by atoms with Crippen LogP contribution in [0.3, 0.4) is 0 Å². The monoisotopic (exact) mass is 238 g/mol. The Morgan fingerprint density at radius 3 is 2.53 bits per heavy atom. The maximum absolute atomic E-state index is 10.4. The predicted molar refractivity (Wildman–Crippen MR) is 66.9 cm³/mol. The van der Waals surface area contributed by atoms with Crippen molar-refractivity contribution in [3.8, 4) is 0 Å². The van der Waals surface area contributed by atoms with Crippen molar-refractivity contribution in [3.63, 3.8) is 0 Å². The molecule has 0 amide bonds. The van der Waals surface area contributed by atoms with Crippen molar-refractivity contribution >= 4 is 11.5 Å². The third kappa shape index (κ3) is 3.67. The number of nitro groups is 1. The molecule has 6 heteroatoms. The lowest BCUT2D eigenvalue weighted by molar-refractivity contribution is -0.389. The first-order valence-corrected chi connectivity index (χ1v) is 5.64. The first-order valence-electron chi connectivity index (χ1n) is 5.64. The zero-order valence-electron chi connectivity index (χ0n) is 10.1. The number of hydrogen-bond acceptors (Lipinski definition) is 5. The summed E-state index contributed by atoms with van der Waals surface area (Å²) in [5, 5.41) is 13.6. The summed E-state index contributed by atoms with van der Waals surface area (Å²) in [6.07, 6.45) is 3.19. The van der Waals surface area contributed by atoms with Crippen LogP contribution in [0.25, 0.3) is 0 Å². The minimum Gasteiger partial charge on any atom is -0.380 e. The molecular weight excluding hydrogens is 220 g/mol. The quantitative estimate of drug-likeness (QED) is 0.583. The van der Waals surface area contributed by atoms with Crippen molar-refractivity contribution in [2.75, 3.05) is 11.9 Å². The van der Waals surface area contributed by atoms with Crippen LogP contribution in [-0.4, -0.2) is 22.0 Å². The molecule has 0 aliphatic carbocycles. The Morgan fingerprint density at radius 1 is 1.47 bits per heavy atom. The smallest absolute Gasteiger partial charge is 0.363 e. The van der Waals surface area contributed by atoms with Crippen LogP contribution in [-0.2, 0) is 0 Å². The molecule has 3 N–H and O–H groups in total. The zero-order valence-corrected chi connectivity index (χ0v) is 10.1. The van der Waals surface area contributed by atoms with Crippen molar-refractivity contribution in [2.45, 2.75) is 32.2 Å². The van der Waals surface area contributed by atoms with E-state index in [2.05, 4.69) is 10.3 Å². The summed E-state index contributed by atoms with van der Waals surface area (Å²) >= 11 is 0. The molecule has 0 aliphatic heterocycles. The minimum atomic E-state index is -0.519. The summed E-state index contributed by atoms with van der Waals surface area (Å²) in [5.41, 5.74) is 6.63. The summed E-state index contributed by atoms with van der Waals surface area (Å²) < 4.78 is 0. The summed E-state index contributed by atoms with van der Waals surface area (Å²) in [7, 11) is 0. The van der Waals surface area contributed by atoms with E-state index in [0.717, 1.165) is 18.5 Å². The van der Waals surface area contributed by atoms with E-state index in [-0.39, 0.29) is 11.4 Å². The number of nitrogens with zero attached hydrogens (tertiary/aromatic N) is 2. The van der Waals surface area contributed by atoms with Crippen LogP contribution in [0.15, 0.2) is 18.3 Å². The van der Waals surface area contributed by atoms with Crippen LogP contribution >= 0.6 is 0 Å². The molecular formula is C11H18N4O2. The molecule has 94 valence electrons. The van der Waals surface area contributed by atoms with Gasteiger partial charge in [-0.05, 0) is 28.8 Å². The second-order valence-corrected chi connectivity index (χ2v) is 4.09. The Morgan fingerprint density at radius 2 is 2.12 bits per heavy atom. The van der Waals surface area contributed by atoms with E-state index in [1.54, 1.807) is 6.07 Å². The highest BCUT2D eigenvalue weighted by Gasteiger charge is 2.19. The molecule has 1 rings (SSSR count). The number of aromatic nitrogens is 1. The highest BCUT2D eigenvalue weighted by molar-refractivity contribution is 5.43. The van der Waals surface area contributed by atoms with E-state index in [1.165, 1.54) is 12.3 Å². The van der Waals surface area contributed by atoms with Crippen molar-refractivity contribution < 1.29 is 4.92 Å². The first-order chi connectivity index (χ1) is 8.00. The first kappa shape index (κ1) is 13.4. The van der Waals surface area contributed by atoms with Crippen LogP contribution < -0.4 is 11.1 Å². The van der Waals surface area contributed by atoms with Gasteiger partial charge in [0.15, 0.2) is 6.20 Å². The number of pyridine rings is 1. The second-order valence-electron chi connectivity index (χ2n) is 4.09. The van der Waals surface area contributed by atoms with Crippen LogP contribution in [0.2, 0.25) is 0 Å². The fourth-order valence-electron chi connectivity index (χ4n) is 1.38. The lowest BCUT2D eigenvalue weighted by atomic mass is 9.94. The number of nitrogens with two attached hydrogens (primary N) is 1. The highest BCUT2D eigenvalue weighted by atomic mass is 16.6. The molecule has 0 spiro atoms. The molecule has 0 fully saturated rings. The molecule has 6 nitrogen and oxygen atoms in total.